The van der Waals surface area contributed by atoms with Crippen LogP contribution < -0.4 is 5.32 Å². The zero-order chi connectivity index (χ0) is 13.2. The van der Waals surface area contributed by atoms with Gasteiger partial charge in [-0.1, -0.05) is 12.1 Å². The number of hydrogen-bond acceptors (Lipinski definition) is 5. The summed E-state index contributed by atoms with van der Waals surface area (Å²) in [5.41, 5.74) is 1.79. The van der Waals surface area contributed by atoms with E-state index in [0.29, 0.717) is 6.61 Å². The van der Waals surface area contributed by atoms with Crippen molar-refractivity contribution in [1.82, 2.24) is 0 Å². The average molecular weight is 271 g/mol. The van der Waals surface area contributed by atoms with E-state index in [0.717, 1.165) is 11.3 Å². The first-order valence-corrected chi connectivity index (χ1v) is 7.55. The Bertz CT molecular complexity index is 515. The highest BCUT2D eigenvalue weighted by atomic mass is 32.2. The van der Waals surface area contributed by atoms with Crippen molar-refractivity contribution >= 4 is 15.5 Å². The monoisotopic (exact) mass is 271 g/mol. The minimum absolute atomic E-state index is 0.0251. The topological polar surface area (TPSA) is 75.6 Å². The Kier molecular flexibility index (Phi) is 3.89. The molecule has 0 aliphatic carbocycles. The van der Waals surface area contributed by atoms with Gasteiger partial charge in [0.15, 0.2) is 9.84 Å². The van der Waals surface area contributed by atoms with Crippen LogP contribution in [-0.4, -0.2) is 44.3 Å². The predicted octanol–water partition coefficient (Wildman–Crippen LogP) is 0.403. The van der Waals surface area contributed by atoms with Gasteiger partial charge in [-0.05, 0) is 17.7 Å². The minimum Gasteiger partial charge on any atom is -0.390 e. The number of ether oxygens (including phenoxy) is 1. The predicted molar refractivity (Wildman–Crippen MR) is 69.2 cm³/mol. The SMILES string of the molecule is COCc1cccc(NC2CS(=O)(=O)CC2O)c1. The minimum atomic E-state index is -3.12. The molecule has 2 atom stereocenters. The fraction of sp³-hybridized carbons (Fsp3) is 0.500. The molecule has 1 aliphatic heterocycles. The third kappa shape index (κ3) is 3.22. The van der Waals surface area contributed by atoms with Gasteiger partial charge >= 0.3 is 0 Å². The summed E-state index contributed by atoms with van der Waals surface area (Å²) in [6, 6.07) is 7.09. The summed E-state index contributed by atoms with van der Waals surface area (Å²) >= 11 is 0. The molecule has 100 valence electrons. The van der Waals surface area contributed by atoms with Crippen LogP contribution in [0.15, 0.2) is 24.3 Å². The molecule has 5 nitrogen and oxygen atoms in total. The highest BCUT2D eigenvalue weighted by molar-refractivity contribution is 7.91. The second-order valence-electron chi connectivity index (χ2n) is 4.53. The van der Waals surface area contributed by atoms with Gasteiger partial charge in [-0.15, -0.1) is 0 Å². The van der Waals surface area contributed by atoms with Crippen LogP contribution in [0.3, 0.4) is 0 Å². The molecule has 1 fully saturated rings. The van der Waals surface area contributed by atoms with Crippen LogP contribution in [0.5, 0.6) is 0 Å². The summed E-state index contributed by atoms with van der Waals surface area (Å²) in [7, 11) is -1.50. The fourth-order valence-corrected chi connectivity index (χ4v) is 3.84. The average Bonchev–Trinajstić information content (AvgIpc) is 2.53. The quantitative estimate of drug-likeness (QED) is 0.829. The molecule has 6 heteroatoms. The molecule has 0 spiro atoms. The Morgan fingerprint density at radius 2 is 2.22 bits per heavy atom. The van der Waals surface area contributed by atoms with E-state index < -0.39 is 22.0 Å². The lowest BCUT2D eigenvalue weighted by atomic mass is 10.1. The van der Waals surface area contributed by atoms with Crippen molar-refractivity contribution in [1.29, 1.82) is 0 Å². The number of benzene rings is 1. The molecule has 0 saturated carbocycles. The molecular formula is C12H17NO4S. The zero-order valence-electron chi connectivity index (χ0n) is 10.2. The van der Waals surface area contributed by atoms with Gasteiger partial charge in [-0.2, -0.15) is 0 Å². The van der Waals surface area contributed by atoms with Crippen LogP contribution in [-0.2, 0) is 21.2 Å². The van der Waals surface area contributed by atoms with E-state index in [1.807, 2.05) is 24.3 Å². The van der Waals surface area contributed by atoms with Crippen molar-refractivity contribution in [2.45, 2.75) is 18.8 Å². The van der Waals surface area contributed by atoms with Crippen molar-refractivity contribution in [3.8, 4) is 0 Å². The van der Waals surface area contributed by atoms with Crippen LogP contribution in [0.25, 0.3) is 0 Å². The molecule has 2 rings (SSSR count). The second-order valence-corrected chi connectivity index (χ2v) is 6.68. The third-order valence-electron chi connectivity index (χ3n) is 2.91. The van der Waals surface area contributed by atoms with Crippen molar-refractivity contribution in [3.63, 3.8) is 0 Å². The molecule has 1 aromatic carbocycles. The number of aliphatic hydroxyl groups is 1. The van der Waals surface area contributed by atoms with Gasteiger partial charge in [-0.3, -0.25) is 0 Å². The number of anilines is 1. The van der Waals surface area contributed by atoms with Crippen molar-refractivity contribution < 1.29 is 18.3 Å². The van der Waals surface area contributed by atoms with Gasteiger partial charge in [0.2, 0.25) is 0 Å². The Morgan fingerprint density at radius 3 is 2.83 bits per heavy atom. The number of methoxy groups -OCH3 is 1. The molecule has 0 amide bonds. The molecular weight excluding hydrogens is 254 g/mol. The Hall–Kier alpha value is -1.11. The van der Waals surface area contributed by atoms with Crippen LogP contribution >= 0.6 is 0 Å². The van der Waals surface area contributed by atoms with Gasteiger partial charge in [0.05, 0.1) is 30.3 Å². The molecule has 1 saturated heterocycles. The van der Waals surface area contributed by atoms with E-state index in [1.165, 1.54) is 0 Å². The first kappa shape index (κ1) is 13.3. The van der Waals surface area contributed by atoms with Crippen LogP contribution in [0.2, 0.25) is 0 Å². The van der Waals surface area contributed by atoms with E-state index >= 15 is 0 Å². The Labute approximate surface area is 107 Å². The van der Waals surface area contributed by atoms with E-state index in [4.69, 9.17) is 4.74 Å². The van der Waals surface area contributed by atoms with E-state index in [9.17, 15) is 13.5 Å². The number of rotatable bonds is 4. The summed E-state index contributed by atoms with van der Waals surface area (Å²) in [5, 5.41) is 12.8. The lowest BCUT2D eigenvalue weighted by molar-refractivity contribution is 0.185. The molecule has 0 radical (unpaired) electrons. The third-order valence-corrected chi connectivity index (χ3v) is 4.63. The molecule has 2 unspecified atom stereocenters. The Morgan fingerprint density at radius 1 is 1.44 bits per heavy atom. The first-order valence-electron chi connectivity index (χ1n) is 5.73. The standard InChI is InChI=1S/C12H17NO4S/c1-17-6-9-3-2-4-10(5-9)13-11-7-18(15,16)8-12(11)14/h2-5,11-14H,6-8H2,1H3. The zero-order valence-corrected chi connectivity index (χ0v) is 11.0. The van der Waals surface area contributed by atoms with Gasteiger partial charge in [0, 0.05) is 12.8 Å². The summed E-state index contributed by atoms with van der Waals surface area (Å²) in [5.74, 6) is -0.189. The molecule has 1 heterocycles. The maximum Gasteiger partial charge on any atom is 0.155 e. The van der Waals surface area contributed by atoms with E-state index in [2.05, 4.69) is 5.32 Å². The van der Waals surface area contributed by atoms with Crippen molar-refractivity contribution in [2.24, 2.45) is 0 Å². The number of aliphatic hydroxyl groups excluding tert-OH is 1. The summed E-state index contributed by atoms with van der Waals surface area (Å²) in [6.45, 7) is 0.501. The number of sulfone groups is 1. The highest BCUT2D eigenvalue weighted by Crippen LogP contribution is 2.19. The first-order chi connectivity index (χ1) is 8.50. The van der Waals surface area contributed by atoms with Crippen molar-refractivity contribution in [3.05, 3.63) is 29.8 Å². The maximum atomic E-state index is 11.4. The normalized spacial score (nSPS) is 26.1. The highest BCUT2D eigenvalue weighted by Gasteiger charge is 2.36. The molecule has 1 aliphatic rings. The second kappa shape index (κ2) is 5.26. The lowest BCUT2D eigenvalue weighted by Crippen LogP contribution is -2.31. The fourth-order valence-electron chi connectivity index (χ4n) is 2.10. The van der Waals surface area contributed by atoms with E-state index in [-0.39, 0.29) is 11.5 Å². The lowest BCUT2D eigenvalue weighted by Gasteiger charge is -2.16. The largest absolute Gasteiger partial charge is 0.390 e. The van der Waals surface area contributed by atoms with Crippen LogP contribution in [0, 0.1) is 0 Å². The van der Waals surface area contributed by atoms with Gasteiger partial charge in [0.25, 0.3) is 0 Å². The van der Waals surface area contributed by atoms with Crippen LogP contribution in [0.4, 0.5) is 5.69 Å². The molecule has 0 bridgehead atoms. The smallest absolute Gasteiger partial charge is 0.155 e. The van der Waals surface area contributed by atoms with Gasteiger partial charge in [-0.25, -0.2) is 8.42 Å². The summed E-state index contributed by atoms with van der Waals surface area (Å²) in [4.78, 5) is 0. The summed E-state index contributed by atoms with van der Waals surface area (Å²) in [6.07, 6.45) is -0.846. The van der Waals surface area contributed by atoms with Gasteiger partial charge in [0.1, 0.15) is 0 Å². The molecule has 18 heavy (non-hydrogen) atoms. The van der Waals surface area contributed by atoms with Crippen molar-refractivity contribution in [2.75, 3.05) is 23.9 Å². The maximum absolute atomic E-state index is 11.4. The van der Waals surface area contributed by atoms with Crippen LogP contribution in [0.1, 0.15) is 5.56 Å². The van der Waals surface area contributed by atoms with E-state index in [1.54, 1.807) is 7.11 Å². The number of hydrogen-bond donors (Lipinski definition) is 2. The summed E-state index contributed by atoms with van der Waals surface area (Å²) < 4.78 is 27.8. The molecule has 2 N–H and O–H groups in total. The number of nitrogens with one attached hydrogen (secondary N) is 1. The molecule has 1 aromatic rings. The Balaban J connectivity index is 2.08. The van der Waals surface area contributed by atoms with Gasteiger partial charge < -0.3 is 15.2 Å². The molecule has 0 aromatic heterocycles.